The normalized spacial score (nSPS) is 22.2. The predicted molar refractivity (Wildman–Crippen MR) is 73.5 cm³/mol. The van der Waals surface area contributed by atoms with E-state index in [0.717, 1.165) is 6.42 Å². The Bertz CT molecular complexity index is 512. The molecule has 2 unspecified atom stereocenters. The van der Waals surface area contributed by atoms with Crippen LogP contribution in [0.2, 0.25) is 0 Å². The highest BCUT2D eigenvalue weighted by molar-refractivity contribution is 9.10. The molecule has 1 N–H and O–H groups in total. The smallest absolute Gasteiger partial charge is 0.307 e. The summed E-state index contributed by atoms with van der Waals surface area (Å²) in [5, 5.41) is 9.13. The summed E-state index contributed by atoms with van der Waals surface area (Å²) in [4.78, 5) is 23.5. The van der Waals surface area contributed by atoms with Crippen molar-refractivity contribution in [1.82, 2.24) is 0 Å². The molecule has 0 heterocycles. The van der Waals surface area contributed by atoms with E-state index in [1.807, 2.05) is 0 Å². The zero-order valence-electron chi connectivity index (χ0n) is 10.6. The second-order valence-electron chi connectivity index (χ2n) is 4.70. The van der Waals surface area contributed by atoms with Crippen LogP contribution in [0.1, 0.15) is 29.6 Å². The van der Waals surface area contributed by atoms with Gasteiger partial charge in [-0.15, -0.1) is 0 Å². The number of methoxy groups -OCH3 is 1. The van der Waals surface area contributed by atoms with Crippen LogP contribution in [0.3, 0.4) is 0 Å². The first-order chi connectivity index (χ1) is 9.04. The fourth-order valence-electron chi connectivity index (χ4n) is 2.60. The van der Waals surface area contributed by atoms with Crippen LogP contribution in [0.4, 0.5) is 0 Å². The Kier molecular flexibility index (Phi) is 4.24. The topological polar surface area (TPSA) is 63.6 Å². The zero-order valence-corrected chi connectivity index (χ0v) is 12.1. The van der Waals surface area contributed by atoms with Crippen molar-refractivity contribution in [2.75, 3.05) is 7.11 Å². The summed E-state index contributed by atoms with van der Waals surface area (Å²) < 4.78 is 5.81. The standard InChI is InChI=1S/C14H15BrO4/c1-19-12-6-5-8(7-11(12)15)13(16)9-3-2-4-10(9)14(17)18/h5-7,9-10H,2-4H2,1H3,(H,17,18). The highest BCUT2D eigenvalue weighted by Crippen LogP contribution is 2.35. The second-order valence-corrected chi connectivity index (χ2v) is 5.55. The number of ketones is 1. The lowest BCUT2D eigenvalue weighted by molar-refractivity contribution is -0.142. The quantitative estimate of drug-likeness (QED) is 0.863. The number of aliphatic carboxylic acids is 1. The van der Waals surface area contributed by atoms with Crippen LogP contribution in [0.15, 0.2) is 22.7 Å². The van der Waals surface area contributed by atoms with Gasteiger partial charge in [0.1, 0.15) is 5.75 Å². The van der Waals surface area contributed by atoms with Crippen molar-refractivity contribution in [2.24, 2.45) is 11.8 Å². The van der Waals surface area contributed by atoms with Crippen molar-refractivity contribution < 1.29 is 19.4 Å². The molecule has 1 saturated carbocycles. The van der Waals surface area contributed by atoms with Crippen LogP contribution < -0.4 is 4.74 Å². The largest absolute Gasteiger partial charge is 0.496 e. The summed E-state index contributed by atoms with van der Waals surface area (Å²) >= 11 is 3.33. The van der Waals surface area contributed by atoms with Crippen molar-refractivity contribution in [3.63, 3.8) is 0 Å². The average Bonchev–Trinajstić information content (AvgIpc) is 2.87. The summed E-state index contributed by atoms with van der Waals surface area (Å²) in [7, 11) is 1.55. The van der Waals surface area contributed by atoms with Gasteiger partial charge < -0.3 is 9.84 Å². The number of carbonyl (C=O) groups is 2. The average molecular weight is 327 g/mol. The minimum Gasteiger partial charge on any atom is -0.496 e. The number of halogens is 1. The van der Waals surface area contributed by atoms with Crippen molar-refractivity contribution in [1.29, 1.82) is 0 Å². The van der Waals surface area contributed by atoms with Crippen LogP contribution in [0.25, 0.3) is 0 Å². The number of ether oxygens (including phenoxy) is 1. The van der Waals surface area contributed by atoms with Gasteiger partial charge in [-0.25, -0.2) is 0 Å². The molecule has 0 aliphatic heterocycles. The lowest BCUT2D eigenvalue weighted by Crippen LogP contribution is -2.25. The number of carbonyl (C=O) groups excluding carboxylic acids is 1. The van der Waals surface area contributed by atoms with Gasteiger partial charge in [0, 0.05) is 11.5 Å². The van der Waals surface area contributed by atoms with Crippen LogP contribution >= 0.6 is 15.9 Å². The van der Waals surface area contributed by atoms with Gasteiger partial charge in [0.15, 0.2) is 5.78 Å². The number of hydrogen-bond acceptors (Lipinski definition) is 3. The molecular weight excluding hydrogens is 312 g/mol. The van der Waals surface area contributed by atoms with Crippen molar-refractivity contribution in [3.8, 4) is 5.75 Å². The fraction of sp³-hybridized carbons (Fsp3) is 0.429. The molecule has 1 aromatic rings. The Labute approximate surface area is 119 Å². The molecule has 0 amide bonds. The maximum atomic E-state index is 12.4. The molecule has 1 aliphatic carbocycles. The Balaban J connectivity index is 2.24. The molecule has 1 aromatic carbocycles. The highest BCUT2D eigenvalue weighted by Gasteiger charge is 2.38. The lowest BCUT2D eigenvalue weighted by Gasteiger charge is -2.15. The van der Waals surface area contributed by atoms with Gasteiger partial charge in [-0.05, 0) is 47.0 Å². The molecule has 5 heteroatoms. The molecule has 1 aliphatic rings. The van der Waals surface area contributed by atoms with Crippen LogP contribution in [-0.4, -0.2) is 24.0 Å². The monoisotopic (exact) mass is 326 g/mol. The molecule has 0 bridgehead atoms. The van der Waals surface area contributed by atoms with Gasteiger partial charge in [0.2, 0.25) is 0 Å². The Morgan fingerprint density at radius 2 is 2.00 bits per heavy atom. The van der Waals surface area contributed by atoms with Crippen molar-refractivity contribution >= 4 is 27.7 Å². The van der Waals surface area contributed by atoms with Crippen molar-refractivity contribution in [3.05, 3.63) is 28.2 Å². The first-order valence-corrected chi connectivity index (χ1v) is 6.94. The Morgan fingerprint density at radius 1 is 1.32 bits per heavy atom. The summed E-state index contributed by atoms with van der Waals surface area (Å²) in [6, 6.07) is 5.09. The molecule has 1 fully saturated rings. The van der Waals surface area contributed by atoms with E-state index in [1.54, 1.807) is 25.3 Å². The van der Waals surface area contributed by atoms with E-state index in [1.165, 1.54) is 0 Å². The molecule has 0 aromatic heterocycles. The van der Waals surface area contributed by atoms with E-state index in [4.69, 9.17) is 9.84 Å². The zero-order chi connectivity index (χ0) is 14.0. The van der Waals surface area contributed by atoms with E-state index in [2.05, 4.69) is 15.9 Å². The molecule has 19 heavy (non-hydrogen) atoms. The minimum absolute atomic E-state index is 0.0896. The summed E-state index contributed by atoms with van der Waals surface area (Å²) in [6.45, 7) is 0. The van der Waals surface area contributed by atoms with Gasteiger partial charge in [0.05, 0.1) is 17.5 Å². The highest BCUT2D eigenvalue weighted by atomic mass is 79.9. The van der Waals surface area contributed by atoms with Gasteiger partial charge in [-0.2, -0.15) is 0 Å². The summed E-state index contributed by atoms with van der Waals surface area (Å²) in [6.07, 6.45) is 2.03. The number of carboxylic acids is 1. The van der Waals surface area contributed by atoms with Gasteiger partial charge in [-0.1, -0.05) is 6.42 Å². The maximum Gasteiger partial charge on any atom is 0.307 e. The summed E-state index contributed by atoms with van der Waals surface area (Å²) in [5.74, 6) is -1.26. The van der Waals surface area contributed by atoms with E-state index >= 15 is 0 Å². The third kappa shape index (κ3) is 2.81. The molecule has 2 rings (SSSR count). The van der Waals surface area contributed by atoms with E-state index < -0.39 is 17.8 Å². The van der Waals surface area contributed by atoms with E-state index in [0.29, 0.717) is 28.6 Å². The maximum absolute atomic E-state index is 12.4. The number of rotatable bonds is 4. The van der Waals surface area contributed by atoms with Gasteiger partial charge in [0.25, 0.3) is 0 Å². The van der Waals surface area contributed by atoms with Crippen LogP contribution in [0.5, 0.6) is 5.75 Å². The molecular formula is C14H15BrO4. The second kappa shape index (κ2) is 5.74. The first kappa shape index (κ1) is 14.1. The third-order valence-corrected chi connectivity index (χ3v) is 4.23. The van der Waals surface area contributed by atoms with Crippen molar-refractivity contribution in [2.45, 2.75) is 19.3 Å². The SMILES string of the molecule is COc1ccc(C(=O)C2CCCC2C(=O)O)cc1Br. The number of Topliss-reactive ketones (excluding diaryl/α,β-unsaturated/α-hetero) is 1. The fourth-order valence-corrected chi connectivity index (χ4v) is 3.14. The van der Waals surface area contributed by atoms with Gasteiger partial charge in [-0.3, -0.25) is 9.59 Å². The molecule has 0 radical (unpaired) electrons. The lowest BCUT2D eigenvalue weighted by atomic mass is 9.88. The van der Waals surface area contributed by atoms with Gasteiger partial charge >= 0.3 is 5.97 Å². The van der Waals surface area contributed by atoms with E-state index in [-0.39, 0.29) is 5.78 Å². The minimum atomic E-state index is -0.872. The molecule has 0 spiro atoms. The van der Waals surface area contributed by atoms with Crippen LogP contribution in [-0.2, 0) is 4.79 Å². The Morgan fingerprint density at radius 3 is 2.58 bits per heavy atom. The number of hydrogen-bond donors (Lipinski definition) is 1. The molecule has 0 saturated heterocycles. The first-order valence-electron chi connectivity index (χ1n) is 6.15. The predicted octanol–water partition coefficient (Wildman–Crippen LogP) is 3.14. The molecule has 2 atom stereocenters. The van der Waals surface area contributed by atoms with E-state index in [9.17, 15) is 9.59 Å². The number of carboxylic acid groups (broad SMARTS) is 1. The Hall–Kier alpha value is -1.36. The molecule has 4 nitrogen and oxygen atoms in total. The molecule has 102 valence electrons. The van der Waals surface area contributed by atoms with Crippen LogP contribution in [0, 0.1) is 11.8 Å². The third-order valence-electron chi connectivity index (χ3n) is 3.61. The number of benzene rings is 1. The summed E-state index contributed by atoms with van der Waals surface area (Å²) in [5.41, 5.74) is 0.533.